The van der Waals surface area contributed by atoms with Crippen molar-refractivity contribution in [2.24, 2.45) is 0 Å². The minimum absolute atomic E-state index is 0.0291. The molecule has 0 radical (unpaired) electrons. The van der Waals surface area contributed by atoms with Gasteiger partial charge in [0.1, 0.15) is 5.00 Å². The zero-order valence-corrected chi connectivity index (χ0v) is 9.10. The summed E-state index contributed by atoms with van der Waals surface area (Å²) in [6, 6.07) is 0. The Morgan fingerprint density at radius 2 is 2.50 bits per heavy atom. The lowest BCUT2D eigenvalue weighted by Crippen LogP contribution is -2.26. The predicted octanol–water partition coefficient (Wildman–Crippen LogP) is 0.298. The first-order valence-corrected chi connectivity index (χ1v) is 5.08. The standard InChI is InChI=1S/C8H14N4OS/c1-10-7(13)3-4-12(2)8-11-5-6(9)14-8/h5H,3-4,9H2,1-2H3,(H,10,13). The molecule has 0 spiro atoms. The van der Waals surface area contributed by atoms with Crippen LogP contribution in [0, 0.1) is 0 Å². The minimum Gasteiger partial charge on any atom is -0.389 e. The van der Waals surface area contributed by atoms with Gasteiger partial charge in [-0.15, -0.1) is 0 Å². The topological polar surface area (TPSA) is 71.2 Å². The number of thiazole rings is 1. The molecule has 0 atom stereocenters. The van der Waals surface area contributed by atoms with Crippen molar-refractivity contribution < 1.29 is 4.79 Å². The molecule has 0 aliphatic heterocycles. The number of carbonyl (C=O) groups excluding carboxylic acids is 1. The number of amides is 1. The van der Waals surface area contributed by atoms with E-state index >= 15 is 0 Å². The predicted molar refractivity (Wildman–Crippen MR) is 58.5 cm³/mol. The number of anilines is 2. The van der Waals surface area contributed by atoms with Crippen LogP contribution in [0.1, 0.15) is 6.42 Å². The van der Waals surface area contributed by atoms with Crippen LogP contribution in [0.5, 0.6) is 0 Å². The van der Waals surface area contributed by atoms with Crippen molar-refractivity contribution >= 4 is 27.4 Å². The smallest absolute Gasteiger partial charge is 0.221 e. The van der Waals surface area contributed by atoms with E-state index in [2.05, 4.69) is 10.3 Å². The van der Waals surface area contributed by atoms with Gasteiger partial charge in [0.2, 0.25) is 5.91 Å². The van der Waals surface area contributed by atoms with Crippen molar-refractivity contribution in [3.63, 3.8) is 0 Å². The van der Waals surface area contributed by atoms with Crippen LogP contribution in [-0.4, -0.2) is 31.5 Å². The molecule has 14 heavy (non-hydrogen) atoms. The Hall–Kier alpha value is -1.30. The van der Waals surface area contributed by atoms with Crippen molar-refractivity contribution in [1.82, 2.24) is 10.3 Å². The fourth-order valence-electron chi connectivity index (χ4n) is 0.943. The van der Waals surface area contributed by atoms with E-state index in [1.807, 2.05) is 11.9 Å². The molecule has 1 rings (SSSR count). The van der Waals surface area contributed by atoms with Gasteiger partial charge in [0.05, 0.1) is 6.20 Å². The third kappa shape index (κ3) is 2.88. The summed E-state index contributed by atoms with van der Waals surface area (Å²) in [4.78, 5) is 17.0. The normalized spacial score (nSPS) is 9.86. The van der Waals surface area contributed by atoms with Gasteiger partial charge in [0.25, 0.3) is 0 Å². The van der Waals surface area contributed by atoms with E-state index in [1.54, 1.807) is 13.2 Å². The Balaban J connectivity index is 2.42. The maximum atomic E-state index is 11.0. The Morgan fingerprint density at radius 3 is 3.00 bits per heavy atom. The second kappa shape index (κ2) is 4.80. The van der Waals surface area contributed by atoms with Gasteiger partial charge >= 0.3 is 0 Å². The van der Waals surface area contributed by atoms with Crippen LogP contribution in [-0.2, 0) is 4.79 Å². The molecule has 0 bridgehead atoms. The largest absolute Gasteiger partial charge is 0.389 e. The van der Waals surface area contributed by atoms with E-state index < -0.39 is 0 Å². The summed E-state index contributed by atoms with van der Waals surface area (Å²) >= 11 is 1.42. The van der Waals surface area contributed by atoms with Crippen LogP contribution in [0.3, 0.4) is 0 Å². The highest BCUT2D eigenvalue weighted by Crippen LogP contribution is 2.22. The first kappa shape index (κ1) is 10.8. The van der Waals surface area contributed by atoms with Gasteiger partial charge in [-0.05, 0) is 0 Å². The van der Waals surface area contributed by atoms with Gasteiger partial charge in [-0.25, -0.2) is 4.98 Å². The first-order valence-electron chi connectivity index (χ1n) is 4.26. The van der Waals surface area contributed by atoms with Gasteiger partial charge in [-0.1, -0.05) is 11.3 Å². The van der Waals surface area contributed by atoms with Crippen molar-refractivity contribution in [2.45, 2.75) is 6.42 Å². The summed E-state index contributed by atoms with van der Waals surface area (Å²) in [6.45, 7) is 0.645. The van der Waals surface area contributed by atoms with Crippen molar-refractivity contribution in [3.05, 3.63) is 6.20 Å². The molecular formula is C8H14N4OS. The lowest BCUT2D eigenvalue weighted by molar-refractivity contribution is -0.120. The number of nitrogen functional groups attached to an aromatic ring is 1. The van der Waals surface area contributed by atoms with Gasteiger partial charge in [0, 0.05) is 27.1 Å². The Labute approximate surface area is 86.9 Å². The number of aromatic nitrogens is 1. The van der Waals surface area contributed by atoms with Crippen LogP contribution >= 0.6 is 11.3 Å². The Kier molecular flexibility index (Phi) is 3.70. The number of nitrogens with two attached hydrogens (primary N) is 1. The van der Waals surface area contributed by atoms with E-state index in [-0.39, 0.29) is 5.91 Å². The molecule has 0 aromatic carbocycles. The lowest BCUT2D eigenvalue weighted by atomic mass is 10.4. The molecule has 78 valence electrons. The molecule has 0 unspecified atom stereocenters. The van der Waals surface area contributed by atoms with Gasteiger partial charge in [-0.3, -0.25) is 4.79 Å². The number of nitrogens with one attached hydrogen (secondary N) is 1. The first-order chi connectivity index (χ1) is 6.63. The number of hydrogen-bond acceptors (Lipinski definition) is 5. The Morgan fingerprint density at radius 1 is 1.79 bits per heavy atom. The fourth-order valence-corrected chi connectivity index (χ4v) is 1.61. The molecule has 3 N–H and O–H groups in total. The molecule has 1 heterocycles. The van der Waals surface area contributed by atoms with Gasteiger partial charge in [0.15, 0.2) is 5.13 Å². The number of rotatable bonds is 4. The zero-order valence-electron chi connectivity index (χ0n) is 8.28. The molecule has 0 saturated carbocycles. The molecule has 0 aliphatic rings. The molecule has 1 aromatic rings. The quantitative estimate of drug-likeness (QED) is 0.756. The monoisotopic (exact) mass is 214 g/mol. The zero-order chi connectivity index (χ0) is 10.6. The summed E-state index contributed by atoms with van der Waals surface area (Å²) in [7, 11) is 3.52. The maximum Gasteiger partial charge on any atom is 0.221 e. The van der Waals surface area contributed by atoms with E-state index in [4.69, 9.17) is 5.73 Å². The van der Waals surface area contributed by atoms with E-state index in [9.17, 15) is 4.79 Å². The second-order valence-electron chi connectivity index (χ2n) is 2.89. The lowest BCUT2D eigenvalue weighted by Gasteiger charge is -2.14. The summed E-state index contributed by atoms with van der Waals surface area (Å²) in [5.74, 6) is 0.0291. The van der Waals surface area contributed by atoms with Crippen LogP contribution in [0.25, 0.3) is 0 Å². The van der Waals surface area contributed by atoms with Crippen LogP contribution in [0.2, 0.25) is 0 Å². The summed E-state index contributed by atoms with van der Waals surface area (Å²) in [6.07, 6.45) is 2.09. The Bertz CT molecular complexity index is 312. The average molecular weight is 214 g/mol. The number of hydrogen-bond donors (Lipinski definition) is 2. The fraction of sp³-hybridized carbons (Fsp3) is 0.500. The molecule has 0 aliphatic carbocycles. The minimum atomic E-state index is 0.0291. The third-order valence-corrected chi connectivity index (χ3v) is 2.73. The van der Waals surface area contributed by atoms with E-state index in [0.717, 1.165) is 5.13 Å². The van der Waals surface area contributed by atoms with E-state index in [0.29, 0.717) is 18.0 Å². The molecule has 0 fully saturated rings. The van der Waals surface area contributed by atoms with Gasteiger partial charge < -0.3 is 16.0 Å². The summed E-state index contributed by atoms with van der Waals surface area (Å²) in [5.41, 5.74) is 5.55. The van der Waals surface area contributed by atoms with Crippen molar-refractivity contribution in [2.75, 3.05) is 31.3 Å². The second-order valence-corrected chi connectivity index (χ2v) is 3.93. The number of nitrogens with zero attached hydrogens (tertiary/aromatic N) is 2. The highest BCUT2D eigenvalue weighted by Gasteiger charge is 2.06. The molecule has 5 nitrogen and oxygen atoms in total. The SMILES string of the molecule is CNC(=O)CCN(C)c1ncc(N)s1. The molecule has 1 amide bonds. The summed E-state index contributed by atoms with van der Waals surface area (Å²) in [5, 5.41) is 4.10. The molecular weight excluding hydrogens is 200 g/mol. The molecule has 1 aromatic heterocycles. The number of carbonyl (C=O) groups is 1. The van der Waals surface area contributed by atoms with Crippen LogP contribution in [0.4, 0.5) is 10.1 Å². The molecule has 0 saturated heterocycles. The van der Waals surface area contributed by atoms with Crippen molar-refractivity contribution in [3.8, 4) is 0 Å². The third-order valence-electron chi connectivity index (χ3n) is 1.79. The molecule has 6 heteroatoms. The van der Waals surface area contributed by atoms with Gasteiger partial charge in [-0.2, -0.15) is 0 Å². The summed E-state index contributed by atoms with van der Waals surface area (Å²) < 4.78 is 0. The highest BCUT2D eigenvalue weighted by atomic mass is 32.1. The van der Waals surface area contributed by atoms with E-state index in [1.165, 1.54) is 11.3 Å². The highest BCUT2D eigenvalue weighted by molar-refractivity contribution is 7.19. The maximum absolute atomic E-state index is 11.0. The van der Waals surface area contributed by atoms with Crippen LogP contribution < -0.4 is 16.0 Å². The van der Waals surface area contributed by atoms with Crippen LogP contribution in [0.15, 0.2) is 6.20 Å². The van der Waals surface area contributed by atoms with Crippen molar-refractivity contribution in [1.29, 1.82) is 0 Å². The average Bonchev–Trinajstić information content (AvgIpc) is 2.60.